The summed E-state index contributed by atoms with van der Waals surface area (Å²) >= 11 is 6.37. The van der Waals surface area contributed by atoms with Crippen LogP contribution in [0.3, 0.4) is 0 Å². The molecule has 2 aromatic carbocycles. The van der Waals surface area contributed by atoms with Crippen molar-refractivity contribution in [1.29, 1.82) is 0 Å². The van der Waals surface area contributed by atoms with Gasteiger partial charge in [-0.2, -0.15) is 13.2 Å². The third kappa shape index (κ3) is 4.26. The van der Waals surface area contributed by atoms with Gasteiger partial charge in [-0.15, -0.1) is 16.8 Å². The highest BCUT2D eigenvalue weighted by Crippen LogP contribution is 2.35. The molecule has 0 saturated carbocycles. The minimum atomic E-state index is -4.49. The fourth-order valence-corrected chi connectivity index (χ4v) is 3.69. The van der Waals surface area contributed by atoms with Crippen molar-refractivity contribution < 1.29 is 13.2 Å². The van der Waals surface area contributed by atoms with E-state index in [2.05, 4.69) is 27.1 Å². The number of alkyl halides is 3. The zero-order chi connectivity index (χ0) is 22.0. The average molecular weight is 446 g/mol. The molecule has 1 N–H and O–H groups in total. The number of nitrogens with one attached hydrogen (secondary N) is 1. The van der Waals surface area contributed by atoms with Crippen LogP contribution in [-0.2, 0) is 19.3 Å². The predicted octanol–water partition coefficient (Wildman–Crippen LogP) is 4.96. The number of aromatic nitrogens is 3. The number of halogens is 4. The lowest BCUT2D eigenvalue weighted by molar-refractivity contribution is -0.137. The molecule has 0 spiro atoms. The zero-order valence-corrected chi connectivity index (χ0v) is 17.2. The molecule has 0 saturated heterocycles. The molecule has 9 heteroatoms. The van der Waals surface area contributed by atoms with E-state index in [0.29, 0.717) is 52.3 Å². The Hall–Kier alpha value is -2.97. The third-order valence-corrected chi connectivity index (χ3v) is 5.26. The van der Waals surface area contributed by atoms with Gasteiger partial charge in [-0.1, -0.05) is 35.9 Å². The minimum absolute atomic E-state index is 0.163. The monoisotopic (exact) mass is 445 g/mol. The Bertz CT molecular complexity index is 1150. The Morgan fingerprint density at radius 2 is 1.94 bits per heavy atom. The molecule has 0 atom stereocenters. The minimum Gasteiger partial charge on any atom is -0.310 e. The SMILES string of the molecule is C=CCCNCc1nnc2n1-c1ccc(C(F)(F)F)cc1C(c1ccccc1Cl)=NC2. The first-order chi connectivity index (χ1) is 14.9. The molecular formula is C22H19ClF3N5. The van der Waals surface area contributed by atoms with E-state index in [1.165, 1.54) is 6.07 Å². The van der Waals surface area contributed by atoms with Gasteiger partial charge in [-0.3, -0.25) is 9.56 Å². The van der Waals surface area contributed by atoms with E-state index in [4.69, 9.17) is 11.6 Å². The fourth-order valence-electron chi connectivity index (χ4n) is 3.47. The van der Waals surface area contributed by atoms with Gasteiger partial charge in [0.15, 0.2) is 11.6 Å². The summed E-state index contributed by atoms with van der Waals surface area (Å²) in [5.74, 6) is 1.14. The number of nitrogens with zero attached hydrogens (tertiary/aromatic N) is 4. The van der Waals surface area contributed by atoms with Crippen molar-refractivity contribution >= 4 is 17.3 Å². The molecule has 2 heterocycles. The summed E-state index contributed by atoms with van der Waals surface area (Å²) in [5.41, 5.74) is 1.06. The summed E-state index contributed by atoms with van der Waals surface area (Å²) in [4.78, 5) is 4.59. The summed E-state index contributed by atoms with van der Waals surface area (Å²) in [7, 11) is 0. The standard InChI is InChI=1S/C22H19ClF3N5/c1-2-3-10-27-12-19-29-30-20-13-28-21(15-6-4-5-7-17(15)23)16-11-14(22(24,25)26)8-9-18(16)31(19)20/h2,4-9,11,27H,1,3,10,12-13H2. The number of aliphatic imine (C=N–C) groups is 1. The summed E-state index contributed by atoms with van der Waals surface area (Å²) in [6.07, 6.45) is -1.90. The molecule has 0 radical (unpaired) electrons. The van der Waals surface area contributed by atoms with Crippen LogP contribution in [0.15, 0.2) is 60.1 Å². The molecule has 0 amide bonds. The van der Waals surface area contributed by atoms with E-state index in [0.717, 1.165) is 18.6 Å². The molecule has 1 aromatic heterocycles. The van der Waals surface area contributed by atoms with Crippen LogP contribution in [0.5, 0.6) is 0 Å². The highest BCUT2D eigenvalue weighted by molar-refractivity contribution is 6.35. The van der Waals surface area contributed by atoms with Crippen LogP contribution in [0.2, 0.25) is 5.02 Å². The second-order valence-electron chi connectivity index (χ2n) is 7.00. The van der Waals surface area contributed by atoms with Crippen molar-refractivity contribution in [3.63, 3.8) is 0 Å². The van der Waals surface area contributed by atoms with Crippen molar-refractivity contribution in [3.05, 3.63) is 88.5 Å². The molecule has 4 rings (SSSR count). The van der Waals surface area contributed by atoms with Gasteiger partial charge < -0.3 is 5.32 Å². The van der Waals surface area contributed by atoms with Crippen molar-refractivity contribution in [3.8, 4) is 5.69 Å². The topological polar surface area (TPSA) is 55.1 Å². The summed E-state index contributed by atoms with van der Waals surface area (Å²) in [6, 6.07) is 10.6. The Morgan fingerprint density at radius 3 is 2.68 bits per heavy atom. The quantitative estimate of drug-likeness (QED) is 0.431. The Labute approximate surface area is 182 Å². The van der Waals surface area contributed by atoms with Crippen molar-refractivity contribution in [2.45, 2.75) is 25.7 Å². The maximum Gasteiger partial charge on any atom is 0.416 e. The molecule has 1 aliphatic heterocycles. The first kappa shape index (κ1) is 21.3. The number of fused-ring (bicyclic) bond motifs is 3. The molecule has 0 unspecified atom stereocenters. The lowest BCUT2D eigenvalue weighted by Crippen LogP contribution is -2.19. The van der Waals surface area contributed by atoms with Crippen LogP contribution in [-0.4, -0.2) is 27.0 Å². The Kier molecular flexibility index (Phi) is 5.93. The van der Waals surface area contributed by atoms with Crippen LogP contribution >= 0.6 is 11.6 Å². The van der Waals surface area contributed by atoms with Gasteiger partial charge in [-0.05, 0) is 37.2 Å². The van der Waals surface area contributed by atoms with Crippen LogP contribution in [0, 0.1) is 0 Å². The highest BCUT2D eigenvalue weighted by Gasteiger charge is 2.33. The summed E-state index contributed by atoms with van der Waals surface area (Å²) < 4.78 is 42.3. The first-order valence-electron chi connectivity index (χ1n) is 9.66. The Balaban J connectivity index is 1.86. The fraction of sp³-hybridized carbons (Fsp3) is 0.227. The van der Waals surface area contributed by atoms with Gasteiger partial charge in [0.2, 0.25) is 0 Å². The maximum atomic E-state index is 13.5. The number of rotatable bonds is 6. The van der Waals surface area contributed by atoms with Crippen LogP contribution in [0.25, 0.3) is 5.69 Å². The third-order valence-electron chi connectivity index (χ3n) is 4.93. The maximum absolute atomic E-state index is 13.5. The molecule has 160 valence electrons. The molecule has 3 aromatic rings. The summed E-state index contributed by atoms with van der Waals surface area (Å²) in [5, 5.41) is 12.1. The highest BCUT2D eigenvalue weighted by atomic mass is 35.5. The van der Waals surface area contributed by atoms with Crippen molar-refractivity contribution in [2.75, 3.05) is 6.54 Å². The molecule has 0 bridgehead atoms. The Morgan fingerprint density at radius 1 is 1.13 bits per heavy atom. The number of hydrogen-bond acceptors (Lipinski definition) is 4. The van der Waals surface area contributed by atoms with E-state index in [1.807, 2.05) is 0 Å². The van der Waals surface area contributed by atoms with Gasteiger partial charge in [0.25, 0.3) is 0 Å². The van der Waals surface area contributed by atoms with E-state index in [1.54, 1.807) is 34.9 Å². The lowest BCUT2D eigenvalue weighted by atomic mass is 9.98. The first-order valence-corrected chi connectivity index (χ1v) is 10.0. The second kappa shape index (κ2) is 8.64. The second-order valence-corrected chi connectivity index (χ2v) is 7.40. The van der Waals surface area contributed by atoms with Crippen molar-refractivity contribution in [1.82, 2.24) is 20.1 Å². The number of hydrogen-bond donors (Lipinski definition) is 1. The van der Waals surface area contributed by atoms with Gasteiger partial charge in [0.1, 0.15) is 6.54 Å². The average Bonchev–Trinajstić information content (AvgIpc) is 3.06. The predicted molar refractivity (Wildman–Crippen MR) is 114 cm³/mol. The van der Waals surface area contributed by atoms with Crippen molar-refractivity contribution in [2.24, 2.45) is 4.99 Å². The van der Waals surface area contributed by atoms with Gasteiger partial charge in [-0.25, -0.2) is 0 Å². The molecular weight excluding hydrogens is 427 g/mol. The van der Waals surface area contributed by atoms with E-state index < -0.39 is 11.7 Å². The van der Waals surface area contributed by atoms with Crippen LogP contribution in [0.4, 0.5) is 13.2 Å². The van der Waals surface area contributed by atoms with Crippen LogP contribution in [0.1, 0.15) is 34.8 Å². The van der Waals surface area contributed by atoms with Gasteiger partial charge in [0, 0.05) is 16.1 Å². The van der Waals surface area contributed by atoms with E-state index in [-0.39, 0.29) is 6.54 Å². The molecule has 5 nitrogen and oxygen atoms in total. The number of benzene rings is 2. The molecule has 0 fully saturated rings. The summed E-state index contributed by atoms with van der Waals surface area (Å²) in [6.45, 7) is 4.96. The largest absolute Gasteiger partial charge is 0.416 e. The van der Waals surface area contributed by atoms with Gasteiger partial charge in [0.05, 0.1) is 23.5 Å². The van der Waals surface area contributed by atoms with Gasteiger partial charge >= 0.3 is 6.18 Å². The molecule has 1 aliphatic rings. The van der Waals surface area contributed by atoms with Crippen LogP contribution < -0.4 is 5.32 Å². The molecule has 31 heavy (non-hydrogen) atoms. The zero-order valence-electron chi connectivity index (χ0n) is 16.5. The lowest BCUT2D eigenvalue weighted by Gasteiger charge is -2.17. The normalized spacial score (nSPS) is 13.2. The molecule has 0 aliphatic carbocycles. The van der Waals surface area contributed by atoms with E-state index in [9.17, 15) is 13.2 Å². The smallest absolute Gasteiger partial charge is 0.310 e. The van der Waals surface area contributed by atoms with E-state index >= 15 is 0 Å².